The van der Waals surface area contributed by atoms with Gasteiger partial charge in [-0.15, -0.1) is 24.0 Å². The van der Waals surface area contributed by atoms with Crippen LogP contribution in [0.15, 0.2) is 27.8 Å². The Morgan fingerprint density at radius 3 is 2.62 bits per heavy atom. The van der Waals surface area contributed by atoms with Gasteiger partial charge in [-0.05, 0) is 44.2 Å². The number of nitrogens with zero attached hydrogens (tertiary/aromatic N) is 2. The molecule has 1 aliphatic heterocycles. The van der Waals surface area contributed by atoms with Crippen molar-refractivity contribution in [1.82, 2.24) is 15.5 Å². The molecule has 3 N–H and O–H groups in total. The van der Waals surface area contributed by atoms with Gasteiger partial charge in [-0.25, -0.2) is 4.99 Å². The molecule has 3 atom stereocenters. The van der Waals surface area contributed by atoms with Gasteiger partial charge in [0, 0.05) is 32.7 Å². The molecule has 0 aromatic carbocycles. The zero-order valence-electron chi connectivity index (χ0n) is 16.5. The molecular formula is C19H35IN4O2. The van der Waals surface area contributed by atoms with Gasteiger partial charge < -0.3 is 25.1 Å². The van der Waals surface area contributed by atoms with Gasteiger partial charge in [0.15, 0.2) is 5.96 Å². The molecule has 26 heavy (non-hydrogen) atoms. The number of rotatable bonds is 7. The van der Waals surface area contributed by atoms with Crippen LogP contribution < -0.4 is 10.6 Å². The molecule has 0 spiro atoms. The molecule has 0 aliphatic carbocycles. The van der Waals surface area contributed by atoms with Crippen LogP contribution in [0.4, 0.5) is 0 Å². The summed E-state index contributed by atoms with van der Waals surface area (Å²) in [7, 11) is 0. The fraction of sp³-hybridized carbons (Fsp3) is 0.737. The van der Waals surface area contributed by atoms with Crippen LogP contribution in [0.2, 0.25) is 0 Å². The quantitative estimate of drug-likeness (QED) is 0.319. The van der Waals surface area contributed by atoms with E-state index in [1.165, 1.54) is 19.5 Å². The van der Waals surface area contributed by atoms with E-state index in [2.05, 4.69) is 34.4 Å². The van der Waals surface area contributed by atoms with Crippen LogP contribution >= 0.6 is 24.0 Å². The van der Waals surface area contributed by atoms with Gasteiger partial charge in [-0.2, -0.15) is 0 Å². The predicted octanol–water partition coefficient (Wildman–Crippen LogP) is 2.64. The lowest BCUT2D eigenvalue weighted by molar-refractivity contribution is 0.0437. The van der Waals surface area contributed by atoms with Crippen molar-refractivity contribution in [2.45, 2.75) is 39.7 Å². The maximum Gasteiger partial charge on any atom is 0.191 e. The van der Waals surface area contributed by atoms with E-state index in [4.69, 9.17) is 4.42 Å². The van der Waals surface area contributed by atoms with Crippen LogP contribution in [0.3, 0.4) is 0 Å². The topological polar surface area (TPSA) is 73.0 Å². The molecule has 0 amide bonds. The highest BCUT2D eigenvalue weighted by molar-refractivity contribution is 14.0. The molecule has 1 saturated heterocycles. The average Bonchev–Trinajstić information content (AvgIpc) is 3.07. The van der Waals surface area contributed by atoms with E-state index in [1.807, 2.05) is 6.92 Å². The smallest absolute Gasteiger partial charge is 0.191 e. The molecule has 6 nitrogen and oxygen atoms in total. The maximum atomic E-state index is 10.5. The van der Waals surface area contributed by atoms with Crippen LogP contribution in [0.1, 0.15) is 39.9 Å². The zero-order chi connectivity index (χ0) is 18.3. The van der Waals surface area contributed by atoms with Gasteiger partial charge in [0.2, 0.25) is 0 Å². The Labute approximate surface area is 174 Å². The van der Waals surface area contributed by atoms with Crippen LogP contribution in [0.25, 0.3) is 0 Å². The number of furan rings is 1. The summed E-state index contributed by atoms with van der Waals surface area (Å²) < 4.78 is 5.30. The van der Waals surface area contributed by atoms with E-state index in [0.29, 0.717) is 5.76 Å². The summed E-state index contributed by atoms with van der Waals surface area (Å²) >= 11 is 0. The highest BCUT2D eigenvalue weighted by atomic mass is 127. The number of guanidine groups is 1. The first-order valence-corrected chi connectivity index (χ1v) is 9.41. The Balaban J connectivity index is 0.00000338. The van der Waals surface area contributed by atoms with Crippen molar-refractivity contribution in [3.05, 3.63) is 24.2 Å². The number of halogens is 1. The Hall–Kier alpha value is -0.800. The van der Waals surface area contributed by atoms with Gasteiger partial charge in [0.05, 0.1) is 12.8 Å². The van der Waals surface area contributed by atoms with Crippen LogP contribution in [-0.2, 0) is 5.60 Å². The van der Waals surface area contributed by atoms with E-state index < -0.39 is 5.60 Å². The van der Waals surface area contributed by atoms with E-state index >= 15 is 0 Å². The molecule has 3 unspecified atom stereocenters. The van der Waals surface area contributed by atoms with Gasteiger partial charge >= 0.3 is 0 Å². The number of piperidine rings is 1. The normalized spacial score (nSPS) is 23.8. The third-order valence-corrected chi connectivity index (χ3v) is 4.61. The number of nitrogens with one attached hydrogen (secondary N) is 2. The number of aliphatic imine (C=N–C) groups is 1. The molecule has 150 valence electrons. The molecule has 1 fully saturated rings. The highest BCUT2D eigenvalue weighted by Gasteiger charge is 2.26. The van der Waals surface area contributed by atoms with Crippen molar-refractivity contribution in [2.75, 3.05) is 39.3 Å². The Kier molecular flexibility index (Phi) is 9.95. The second-order valence-electron chi connectivity index (χ2n) is 7.58. The average molecular weight is 478 g/mol. The molecule has 0 bridgehead atoms. The SMILES string of the molecule is CCNC(=NCC(C)(O)c1ccco1)NCCN1CC(C)CC(C)C1.I. The minimum atomic E-state index is -1.11. The molecule has 0 saturated carbocycles. The molecule has 1 aromatic rings. The van der Waals surface area contributed by atoms with E-state index in [9.17, 15) is 5.11 Å². The van der Waals surface area contributed by atoms with Crippen molar-refractivity contribution in [3.63, 3.8) is 0 Å². The molecule has 1 aliphatic rings. The standard InChI is InChI=1S/C19H34N4O2.HI/c1-5-20-18(22-14-19(4,24)17-7-6-10-25-17)21-8-9-23-12-15(2)11-16(3)13-23;/h6-7,10,15-16,24H,5,8-9,11-14H2,1-4H3,(H2,20,21,22);1H. The second-order valence-corrected chi connectivity index (χ2v) is 7.58. The van der Waals surface area contributed by atoms with Gasteiger partial charge in [-0.1, -0.05) is 13.8 Å². The minimum Gasteiger partial charge on any atom is -0.466 e. The van der Waals surface area contributed by atoms with Gasteiger partial charge in [0.25, 0.3) is 0 Å². The summed E-state index contributed by atoms with van der Waals surface area (Å²) in [5.41, 5.74) is -1.11. The zero-order valence-corrected chi connectivity index (χ0v) is 18.8. The lowest BCUT2D eigenvalue weighted by atomic mass is 9.92. The summed E-state index contributed by atoms with van der Waals surface area (Å²) in [6.07, 6.45) is 2.90. The third-order valence-electron chi connectivity index (χ3n) is 4.61. The molecule has 2 heterocycles. The molecular weight excluding hydrogens is 443 g/mol. The van der Waals surface area contributed by atoms with Crippen LogP contribution in [-0.4, -0.2) is 55.2 Å². The molecule has 2 rings (SSSR count). The summed E-state index contributed by atoms with van der Waals surface area (Å²) in [6.45, 7) is 13.6. The largest absolute Gasteiger partial charge is 0.466 e. The maximum absolute atomic E-state index is 10.5. The van der Waals surface area contributed by atoms with Crippen molar-refractivity contribution in [3.8, 4) is 0 Å². The Morgan fingerprint density at radius 1 is 1.35 bits per heavy atom. The predicted molar refractivity (Wildman–Crippen MR) is 117 cm³/mol. The number of hydrogen-bond acceptors (Lipinski definition) is 4. The monoisotopic (exact) mass is 478 g/mol. The van der Waals surface area contributed by atoms with E-state index in [1.54, 1.807) is 25.3 Å². The Morgan fingerprint density at radius 2 is 2.04 bits per heavy atom. The van der Waals surface area contributed by atoms with Crippen molar-refractivity contribution < 1.29 is 9.52 Å². The highest BCUT2D eigenvalue weighted by Crippen LogP contribution is 2.21. The fourth-order valence-corrected chi connectivity index (χ4v) is 3.54. The lowest BCUT2D eigenvalue weighted by Crippen LogP contribution is -2.45. The third kappa shape index (κ3) is 7.44. The first kappa shape index (κ1) is 23.2. The molecule has 0 radical (unpaired) electrons. The van der Waals surface area contributed by atoms with Crippen LogP contribution in [0, 0.1) is 11.8 Å². The number of aliphatic hydroxyl groups is 1. The first-order chi connectivity index (χ1) is 11.9. The van der Waals surface area contributed by atoms with Gasteiger partial charge in [0.1, 0.15) is 11.4 Å². The summed E-state index contributed by atoms with van der Waals surface area (Å²) in [5.74, 6) is 2.80. The van der Waals surface area contributed by atoms with E-state index in [-0.39, 0.29) is 30.5 Å². The number of likely N-dealkylation sites (tertiary alicyclic amines) is 1. The summed E-state index contributed by atoms with van der Waals surface area (Å²) in [4.78, 5) is 7.04. The van der Waals surface area contributed by atoms with Crippen molar-refractivity contribution >= 4 is 29.9 Å². The molecule has 1 aromatic heterocycles. The fourth-order valence-electron chi connectivity index (χ4n) is 3.54. The first-order valence-electron chi connectivity index (χ1n) is 9.41. The van der Waals surface area contributed by atoms with Crippen molar-refractivity contribution in [1.29, 1.82) is 0 Å². The summed E-state index contributed by atoms with van der Waals surface area (Å²) in [5, 5.41) is 17.1. The van der Waals surface area contributed by atoms with Crippen molar-refractivity contribution in [2.24, 2.45) is 16.8 Å². The van der Waals surface area contributed by atoms with Gasteiger partial charge in [-0.3, -0.25) is 0 Å². The summed E-state index contributed by atoms with van der Waals surface area (Å²) in [6, 6.07) is 3.55. The second kappa shape index (κ2) is 11.1. The number of hydrogen-bond donors (Lipinski definition) is 3. The Bertz CT molecular complexity index is 524. The van der Waals surface area contributed by atoms with E-state index in [0.717, 1.165) is 37.4 Å². The lowest BCUT2D eigenvalue weighted by Gasteiger charge is -2.35. The minimum absolute atomic E-state index is 0. The molecule has 7 heteroatoms. The van der Waals surface area contributed by atoms with Crippen LogP contribution in [0.5, 0.6) is 0 Å².